The lowest BCUT2D eigenvalue weighted by atomic mass is 10.2. The fourth-order valence-corrected chi connectivity index (χ4v) is 2.36. The van der Waals surface area contributed by atoms with Gasteiger partial charge in [-0.1, -0.05) is 0 Å². The van der Waals surface area contributed by atoms with Gasteiger partial charge in [0, 0.05) is 18.9 Å². The molecular formula is C11H14N6O2S. The maximum absolute atomic E-state index is 12.1. The van der Waals surface area contributed by atoms with Gasteiger partial charge in [-0.05, 0) is 24.1 Å². The number of hydrogen-bond donors (Lipinski definition) is 3. The lowest BCUT2D eigenvalue weighted by molar-refractivity contribution is 0.580. The van der Waals surface area contributed by atoms with Crippen LogP contribution in [0.5, 0.6) is 0 Å². The van der Waals surface area contributed by atoms with Gasteiger partial charge in [0.05, 0.1) is 12.4 Å². The summed E-state index contributed by atoms with van der Waals surface area (Å²) in [4.78, 5) is 11.4. The van der Waals surface area contributed by atoms with Crippen molar-refractivity contribution in [2.75, 3.05) is 5.43 Å². The van der Waals surface area contributed by atoms with Crippen molar-refractivity contribution in [2.24, 2.45) is 5.84 Å². The van der Waals surface area contributed by atoms with Crippen molar-refractivity contribution >= 4 is 16.0 Å². The lowest BCUT2D eigenvalue weighted by Crippen LogP contribution is -2.24. The number of aromatic nitrogens is 3. The van der Waals surface area contributed by atoms with Gasteiger partial charge < -0.3 is 0 Å². The maximum Gasteiger partial charge on any atom is 0.243 e. The Hall–Kier alpha value is -2.10. The number of hydrazine groups is 1. The van der Waals surface area contributed by atoms with Gasteiger partial charge in [0.1, 0.15) is 4.90 Å². The topological polar surface area (TPSA) is 123 Å². The third-order valence-electron chi connectivity index (χ3n) is 2.67. The van der Waals surface area contributed by atoms with Crippen LogP contribution in [0.2, 0.25) is 0 Å². The van der Waals surface area contributed by atoms with E-state index >= 15 is 0 Å². The summed E-state index contributed by atoms with van der Waals surface area (Å²) in [6.07, 6.45) is 5.64. The molecule has 2 aromatic heterocycles. The van der Waals surface area contributed by atoms with E-state index in [1.165, 1.54) is 12.4 Å². The summed E-state index contributed by atoms with van der Waals surface area (Å²) in [5, 5.41) is 0. The van der Waals surface area contributed by atoms with Crippen LogP contribution in [0.1, 0.15) is 11.1 Å². The zero-order chi connectivity index (χ0) is 14.6. The van der Waals surface area contributed by atoms with Gasteiger partial charge in [-0.3, -0.25) is 10.4 Å². The summed E-state index contributed by atoms with van der Waals surface area (Å²) in [6.45, 7) is 2.04. The van der Waals surface area contributed by atoms with Crippen LogP contribution >= 0.6 is 0 Å². The minimum Gasteiger partial charge on any atom is -0.292 e. The van der Waals surface area contributed by atoms with Crippen molar-refractivity contribution in [1.82, 2.24) is 19.7 Å². The first-order valence-corrected chi connectivity index (χ1v) is 7.19. The SMILES string of the molecule is Cc1ccncc1CNS(=O)(=O)c1cnc(NN)nc1. The van der Waals surface area contributed by atoms with Gasteiger partial charge in [0.25, 0.3) is 0 Å². The Morgan fingerprint density at radius 1 is 1.25 bits per heavy atom. The van der Waals surface area contributed by atoms with E-state index in [0.717, 1.165) is 11.1 Å². The average molecular weight is 294 g/mol. The molecule has 4 N–H and O–H groups in total. The fraction of sp³-hybridized carbons (Fsp3) is 0.182. The second-order valence-corrected chi connectivity index (χ2v) is 5.78. The highest BCUT2D eigenvalue weighted by Gasteiger charge is 2.15. The van der Waals surface area contributed by atoms with Crippen LogP contribution in [0, 0.1) is 6.92 Å². The molecule has 20 heavy (non-hydrogen) atoms. The summed E-state index contributed by atoms with van der Waals surface area (Å²) < 4.78 is 26.6. The molecule has 0 atom stereocenters. The first-order chi connectivity index (χ1) is 9.53. The van der Waals surface area contributed by atoms with Gasteiger partial charge in [-0.25, -0.2) is 29.0 Å². The van der Waals surface area contributed by atoms with Gasteiger partial charge in [-0.2, -0.15) is 0 Å². The third kappa shape index (κ3) is 3.26. The number of rotatable bonds is 5. The summed E-state index contributed by atoms with van der Waals surface area (Å²) in [7, 11) is -3.67. The zero-order valence-corrected chi connectivity index (χ0v) is 11.6. The second-order valence-electron chi connectivity index (χ2n) is 4.01. The lowest BCUT2D eigenvalue weighted by Gasteiger charge is -2.08. The number of hydrogen-bond acceptors (Lipinski definition) is 7. The van der Waals surface area contributed by atoms with Crippen LogP contribution in [-0.4, -0.2) is 23.4 Å². The van der Waals surface area contributed by atoms with Gasteiger partial charge >= 0.3 is 0 Å². The summed E-state index contributed by atoms with van der Waals surface area (Å²) in [6, 6.07) is 1.81. The predicted molar refractivity (Wildman–Crippen MR) is 72.8 cm³/mol. The first-order valence-electron chi connectivity index (χ1n) is 5.71. The van der Waals surface area contributed by atoms with Gasteiger partial charge in [-0.15, -0.1) is 0 Å². The van der Waals surface area contributed by atoms with E-state index in [2.05, 4.69) is 25.1 Å². The van der Waals surface area contributed by atoms with Crippen LogP contribution in [0.15, 0.2) is 35.7 Å². The standard InChI is InChI=1S/C11H14N6O2S/c1-8-2-3-13-4-9(8)5-16-20(18,19)10-6-14-11(17-12)15-7-10/h2-4,6-7,16H,5,12H2,1H3,(H,14,15,17). The Morgan fingerprint density at radius 3 is 2.55 bits per heavy atom. The van der Waals surface area contributed by atoms with Crippen LogP contribution < -0.4 is 16.0 Å². The average Bonchev–Trinajstić information content (AvgIpc) is 2.46. The molecule has 2 heterocycles. The Labute approximate surface area is 116 Å². The molecule has 106 valence electrons. The molecule has 0 aliphatic heterocycles. The highest BCUT2D eigenvalue weighted by molar-refractivity contribution is 7.89. The number of anilines is 1. The maximum atomic E-state index is 12.1. The number of nitrogens with one attached hydrogen (secondary N) is 2. The molecule has 8 nitrogen and oxygen atoms in total. The van der Waals surface area contributed by atoms with Gasteiger partial charge in [0.2, 0.25) is 16.0 Å². The Morgan fingerprint density at radius 2 is 1.95 bits per heavy atom. The quantitative estimate of drug-likeness (QED) is 0.521. The first kappa shape index (κ1) is 14.3. The summed E-state index contributed by atoms with van der Waals surface area (Å²) in [5.74, 6) is 5.26. The number of nitrogens with zero attached hydrogens (tertiary/aromatic N) is 3. The molecule has 0 aliphatic rings. The molecule has 0 saturated carbocycles. The molecule has 0 fully saturated rings. The van der Waals surface area contributed by atoms with Crippen molar-refractivity contribution in [3.8, 4) is 0 Å². The molecule has 0 radical (unpaired) electrons. The zero-order valence-electron chi connectivity index (χ0n) is 10.7. The molecule has 0 aliphatic carbocycles. The molecular weight excluding hydrogens is 280 g/mol. The molecule has 2 aromatic rings. The number of nitrogen functional groups attached to an aromatic ring is 1. The van der Waals surface area contributed by atoms with Crippen molar-refractivity contribution in [3.05, 3.63) is 42.0 Å². The molecule has 0 aromatic carbocycles. The minimum absolute atomic E-state index is 0.0296. The van der Waals surface area contributed by atoms with E-state index in [-0.39, 0.29) is 17.4 Å². The van der Waals surface area contributed by atoms with E-state index in [1.807, 2.05) is 13.0 Å². The Balaban J connectivity index is 2.13. The summed E-state index contributed by atoms with van der Waals surface area (Å²) >= 11 is 0. The van der Waals surface area contributed by atoms with Crippen molar-refractivity contribution < 1.29 is 8.42 Å². The van der Waals surface area contributed by atoms with Crippen LogP contribution in [-0.2, 0) is 16.6 Å². The van der Waals surface area contributed by atoms with Crippen molar-refractivity contribution in [3.63, 3.8) is 0 Å². The molecule has 0 amide bonds. The van der Waals surface area contributed by atoms with Crippen LogP contribution in [0.3, 0.4) is 0 Å². The molecule has 9 heteroatoms. The van der Waals surface area contributed by atoms with Gasteiger partial charge in [0.15, 0.2) is 0 Å². The highest BCUT2D eigenvalue weighted by Crippen LogP contribution is 2.09. The Bertz CT molecular complexity index is 686. The number of sulfonamides is 1. The van der Waals surface area contributed by atoms with E-state index in [4.69, 9.17) is 5.84 Å². The van der Waals surface area contributed by atoms with Crippen molar-refractivity contribution in [2.45, 2.75) is 18.4 Å². The van der Waals surface area contributed by atoms with E-state index in [1.54, 1.807) is 12.4 Å². The molecule has 0 saturated heterocycles. The minimum atomic E-state index is -3.67. The number of nitrogens with two attached hydrogens (primary N) is 1. The smallest absolute Gasteiger partial charge is 0.243 e. The molecule has 0 spiro atoms. The monoisotopic (exact) mass is 294 g/mol. The fourth-order valence-electron chi connectivity index (χ4n) is 1.47. The van der Waals surface area contributed by atoms with Crippen LogP contribution in [0.25, 0.3) is 0 Å². The normalized spacial score (nSPS) is 11.3. The third-order valence-corrected chi connectivity index (χ3v) is 4.02. The predicted octanol–water partition coefficient (Wildman–Crippen LogP) is -0.0559. The largest absolute Gasteiger partial charge is 0.292 e. The highest BCUT2D eigenvalue weighted by atomic mass is 32.2. The van der Waals surface area contributed by atoms with E-state index in [9.17, 15) is 8.42 Å². The van der Waals surface area contributed by atoms with Crippen molar-refractivity contribution in [1.29, 1.82) is 0 Å². The van der Waals surface area contributed by atoms with E-state index < -0.39 is 10.0 Å². The number of aryl methyl sites for hydroxylation is 1. The second kappa shape index (κ2) is 5.90. The number of pyridine rings is 1. The molecule has 0 bridgehead atoms. The van der Waals surface area contributed by atoms with Crippen LogP contribution in [0.4, 0.5) is 5.95 Å². The van der Waals surface area contributed by atoms with E-state index in [0.29, 0.717) is 0 Å². The molecule has 2 rings (SSSR count). The Kier molecular flexibility index (Phi) is 4.23. The molecule has 0 unspecified atom stereocenters. The summed E-state index contributed by atoms with van der Waals surface area (Å²) in [5.41, 5.74) is 3.99.